The Hall–Kier alpha value is -3.49. The van der Waals surface area contributed by atoms with Crippen LogP contribution < -0.4 is 15.6 Å². The Kier molecular flexibility index (Phi) is 5.58. The van der Waals surface area contributed by atoms with E-state index in [2.05, 4.69) is 10.3 Å². The fourth-order valence-electron chi connectivity index (χ4n) is 3.01. The van der Waals surface area contributed by atoms with Gasteiger partial charge in [-0.05, 0) is 48.9 Å². The molecule has 1 N–H and O–H groups in total. The molecule has 2 heterocycles. The molecule has 2 aromatic heterocycles. The Morgan fingerprint density at radius 2 is 1.84 bits per heavy atom. The van der Waals surface area contributed by atoms with Crippen molar-refractivity contribution >= 4 is 50.7 Å². The third-order valence-corrected chi connectivity index (χ3v) is 6.15. The second-order valence-corrected chi connectivity index (χ2v) is 8.15. The van der Waals surface area contributed by atoms with E-state index in [9.17, 15) is 14.4 Å². The number of fused-ring (bicyclic) bond motifs is 1. The van der Waals surface area contributed by atoms with Crippen molar-refractivity contribution in [2.24, 2.45) is 7.05 Å². The Morgan fingerprint density at radius 1 is 1.13 bits per heavy atom. The van der Waals surface area contributed by atoms with Crippen molar-refractivity contribution in [3.63, 3.8) is 0 Å². The Labute approximate surface area is 185 Å². The van der Waals surface area contributed by atoms with Crippen LogP contribution in [0.5, 0.6) is 5.75 Å². The topological polar surface area (TPSA) is 90.3 Å². The minimum Gasteiger partial charge on any atom is -0.422 e. The number of carbonyl (C=O) groups excluding carboxylic acids is 2. The average Bonchev–Trinajstić information content (AvgIpc) is 3.09. The summed E-state index contributed by atoms with van der Waals surface area (Å²) in [6, 6.07) is 13.1. The molecule has 0 fully saturated rings. The van der Waals surface area contributed by atoms with E-state index in [-0.39, 0.29) is 11.5 Å². The number of anilines is 1. The summed E-state index contributed by atoms with van der Waals surface area (Å²) in [5.41, 5.74) is 1.22. The van der Waals surface area contributed by atoms with Crippen LogP contribution in [0.4, 0.5) is 5.69 Å². The third kappa shape index (κ3) is 4.08. The number of nitrogens with zero attached hydrogens (tertiary/aromatic N) is 2. The first-order valence-corrected chi connectivity index (χ1v) is 10.4. The molecular weight excluding hydrogens is 438 g/mol. The summed E-state index contributed by atoms with van der Waals surface area (Å²) in [7, 11) is 1.61. The number of aromatic nitrogens is 2. The van der Waals surface area contributed by atoms with Crippen LogP contribution in [0.3, 0.4) is 0 Å². The molecule has 0 spiro atoms. The fraction of sp³-hybridized carbons (Fsp3) is 0.0909. The number of aryl methyl sites for hydroxylation is 2. The lowest BCUT2D eigenvalue weighted by Gasteiger charge is -2.08. The van der Waals surface area contributed by atoms with Crippen LogP contribution in [0, 0.1) is 6.92 Å². The quantitative estimate of drug-likeness (QED) is 0.364. The first-order chi connectivity index (χ1) is 14.8. The van der Waals surface area contributed by atoms with E-state index in [0.29, 0.717) is 42.7 Å². The number of rotatable bonds is 4. The Bertz CT molecular complexity index is 1380. The maximum absolute atomic E-state index is 12.7. The molecule has 4 aromatic rings. The van der Waals surface area contributed by atoms with E-state index in [4.69, 9.17) is 16.3 Å². The van der Waals surface area contributed by atoms with Gasteiger partial charge in [-0.3, -0.25) is 9.59 Å². The lowest BCUT2D eigenvalue weighted by Crippen LogP contribution is -2.17. The van der Waals surface area contributed by atoms with E-state index in [1.165, 1.54) is 10.9 Å². The summed E-state index contributed by atoms with van der Waals surface area (Å²) in [5.74, 6) is -0.612. The molecule has 7 nitrogen and oxygen atoms in total. The minimum atomic E-state index is -0.574. The number of benzene rings is 2. The maximum Gasteiger partial charge on any atom is 0.354 e. The highest BCUT2D eigenvalue weighted by molar-refractivity contribution is 7.20. The summed E-state index contributed by atoms with van der Waals surface area (Å²) >= 11 is 7.16. The van der Waals surface area contributed by atoms with Gasteiger partial charge in [-0.1, -0.05) is 23.7 Å². The third-order valence-electron chi connectivity index (χ3n) is 4.64. The molecule has 9 heteroatoms. The van der Waals surface area contributed by atoms with Gasteiger partial charge in [0.25, 0.3) is 11.5 Å². The lowest BCUT2D eigenvalue weighted by molar-refractivity contribution is 0.0739. The molecule has 0 radical (unpaired) electrons. The van der Waals surface area contributed by atoms with Crippen LogP contribution in [0.15, 0.2) is 59.7 Å². The van der Waals surface area contributed by atoms with Gasteiger partial charge >= 0.3 is 5.97 Å². The van der Waals surface area contributed by atoms with Crippen LogP contribution in [0.1, 0.15) is 25.6 Å². The predicted molar refractivity (Wildman–Crippen MR) is 120 cm³/mol. The Balaban J connectivity index is 1.50. The molecule has 0 aliphatic carbocycles. The van der Waals surface area contributed by atoms with Crippen molar-refractivity contribution in [1.82, 2.24) is 9.55 Å². The lowest BCUT2D eigenvalue weighted by atomic mass is 10.2. The number of hydrogen-bond donors (Lipinski definition) is 1. The van der Waals surface area contributed by atoms with Gasteiger partial charge < -0.3 is 14.6 Å². The largest absolute Gasteiger partial charge is 0.422 e. The van der Waals surface area contributed by atoms with Crippen molar-refractivity contribution in [3.8, 4) is 5.75 Å². The minimum absolute atomic E-state index is 0.212. The molecule has 2 aromatic carbocycles. The monoisotopic (exact) mass is 453 g/mol. The number of amides is 1. The number of esters is 1. The highest BCUT2D eigenvalue weighted by atomic mass is 35.5. The average molecular weight is 454 g/mol. The van der Waals surface area contributed by atoms with Gasteiger partial charge in [0, 0.05) is 12.7 Å². The normalized spacial score (nSPS) is 10.8. The fourth-order valence-corrected chi connectivity index (χ4v) is 4.24. The van der Waals surface area contributed by atoms with Gasteiger partial charge in [-0.25, -0.2) is 9.78 Å². The highest BCUT2D eigenvalue weighted by Crippen LogP contribution is 2.28. The molecule has 156 valence electrons. The summed E-state index contributed by atoms with van der Waals surface area (Å²) < 4.78 is 6.81. The second-order valence-electron chi connectivity index (χ2n) is 6.74. The summed E-state index contributed by atoms with van der Waals surface area (Å²) in [5, 5.41) is 3.51. The number of nitrogens with one attached hydrogen (secondary N) is 1. The zero-order valence-electron chi connectivity index (χ0n) is 16.5. The first-order valence-electron chi connectivity index (χ1n) is 9.18. The molecule has 31 heavy (non-hydrogen) atoms. The van der Waals surface area contributed by atoms with E-state index < -0.39 is 5.97 Å². The molecule has 0 aliphatic rings. The molecule has 1 amide bonds. The molecule has 0 bridgehead atoms. The van der Waals surface area contributed by atoms with E-state index in [0.717, 1.165) is 11.3 Å². The number of ether oxygens (including phenoxy) is 1. The molecule has 4 rings (SSSR count). The van der Waals surface area contributed by atoms with E-state index in [1.807, 2.05) is 0 Å². The van der Waals surface area contributed by atoms with Crippen LogP contribution in [0.2, 0.25) is 5.02 Å². The van der Waals surface area contributed by atoms with Crippen LogP contribution in [0.25, 0.3) is 10.2 Å². The zero-order chi connectivity index (χ0) is 22.1. The number of hydrogen-bond acceptors (Lipinski definition) is 6. The van der Waals surface area contributed by atoms with Gasteiger partial charge in [-0.15, -0.1) is 11.3 Å². The molecule has 0 saturated carbocycles. The summed E-state index contributed by atoms with van der Waals surface area (Å²) in [6.45, 7) is 1.70. The second kappa shape index (κ2) is 8.33. The van der Waals surface area contributed by atoms with E-state index in [1.54, 1.807) is 62.5 Å². The molecule has 0 unspecified atom stereocenters. The first kappa shape index (κ1) is 20.8. The standard InChI is InChI=1S/C22H16ClN3O4S/c1-12-17-20(24-11-26(2)21(17)28)31-18(12)22(29)30-14-9-7-13(8-10-14)25-19(27)15-5-3-4-6-16(15)23/h3-11H,1-2H3,(H,25,27). The van der Waals surface area contributed by atoms with Crippen LogP contribution in [-0.2, 0) is 7.05 Å². The van der Waals surface area contributed by atoms with Gasteiger partial charge in [0.1, 0.15) is 15.5 Å². The van der Waals surface area contributed by atoms with Gasteiger partial charge in [0.05, 0.1) is 22.3 Å². The smallest absolute Gasteiger partial charge is 0.354 e. The Morgan fingerprint density at radius 3 is 2.55 bits per heavy atom. The zero-order valence-corrected chi connectivity index (χ0v) is 18.1. The van der Waals surface area contributed by atoms with Gasteiger partial charge in [0.2, 0.25) is 0 Å². The van der Waals surface area contributed by atoms with E-state index >= 15 is 0 Å². The molecule has 0 saturated heterocycles. The highest BCUT2D eigenvalue weighted by Gasteiger charge is 2.20. The molecule has 0 aliphatic heterocycles. The maximum atomic E-state index is 12.7. The van der Waals surface area contributed by atoms with Gasteiger partial charge in [0.15, 0.2) is 0 Å². The van der Waals surface area contributed by atoms with Crippen molar-refractivity contribution in [2.75, 3.05) is 5.32 Å². The van der Waals surface area contributed by atoms with Crippen molar-refractivity contribution in [3.05, 3.63) is 86.2 Å². The van der Waals surface area contributed by atoms with Gasteiger partial charge in [-0.2, -0.15) is 0 Å². The van der Waals surface area contributed by atoms with Crippen molar-refractivity contribution in [1.29, 1.82) is 0 Å². The predicted octanol–water partition coefficient (Wildman–Crippen LogP) is 4.43. The number of thiophene rings is 1. The van der Waals surface area contributed by atoms with Crippen molar-refractivity contribution < 1.29 is 14.3 Å². The summed E-state index contributed by atoms with van der Waals surface area (Å²) in [6.07, 6.45) is 1.42. The van der Waals surface area contributed by atoms with Crippen molar-refractivity contribution in [2.45, 2.75) is 6.92 Å². The van der Waals surface area contributed by atoms with Crippen LogP contribution in [-0.4, -0.2) is 21.4 Å². The number of halogens is 1. The molecular formula is C22H16ClN3O4S. The molecule has 0 atom stereocenters. The van der Waals surface area contributed by atoms with Crippen LogP contribution >= 0.6 is 22.9 Å². The SMILES string of the molecule is Cc1c(C(=O)Oc2ccc(NC(=O)c3ccccc3Cl)cc2)sc2ncn(C)c(=O)c12. The number of carbonyl (C=O) groups is 2. The summed E-state index contributed by atoms with van der Waals surface area (Å²) in [4.78, 5) is 42.3.